The third-order valence-electron chi connectivity index (χ3n) is 2.44. The summed E-state index contributed by atoms with van der Waals surface area (Å²) in [5, 5.41) is 29.1. The third-order valence-corrected chi connectivity index (χ3v) is 2.44. The van der Waals surface area contributed by atoms with Gasteiger partial charge in [-0.2, -0.15) is 5.26 Å². The molecule has 0 aliphatic rings. The number of nitriles is 1. The molecule has 0 aliphatic carbocycles. The van der Waals surface area contributed by atoms with E-state index in [2.05, 4.69) is 10.3 Å². The van der Waals surface area contributed by atoms with Gasteiger partial charge in [-0.3, -0.25) is 4.79 Å². The minimum atomic E-state index is -1.33. The first kappa shape index (κ1) is 14.4. The Hall–Kier alpha value is -2.62. The molecule has 0 saturated carbocycles. The van der Waals surface area contributed by atoms with Crippen LogP contribution in [0.5, 0.6) is 0 Å². The predicted octanol–water partition coefficient (Wildman–Crippen LogP) is 0.910. The minimum Gasteiger partial charge on any atom is -0.481 e. The molecule has 1 aromatic rings. The maximum Gasteiger partial charge on any atom is 0.326 e. The minimum absolute atomic E-state index is 0.0913. The van der Waals surface area contributed by atoms with Crippen LogP contribution in [0.4, 0.5) is 5.82 Å². The van der Waals surface area contributed by atoms with Gasteiger partial charge in [-0.25, -0.2) is 9.78 Å². The monoisotopic (exact) mass is 263 g/mol. The van der Waals surface area contributed by atoms with Crippen molar-refractivity contribution in [2.24, 2.45) is 0 Å². The molecule has 7 heteroatoms. The molecule has 0 radical (unpaired) electrons. The predicted molar refractivity (Wildman–Crippen MR) is 65.7 cm³/mol. The molecule has 1 rings (SSSR count). The molecule has 1 aromatic heterocycles. The van der Waals surface area contributed by atoms with E-state index >= 15 is 0 Å². The van der Waals surface area contributed by atoms with Crippen LogP contribution in [0.25, 0.3) is 0 Å². The van der Waals surface area contributed by atoms with Gasteiger partial charge in [0.05, 0.1) is 12.0 Å². The summed E-state index contributed by atoms with van der Waals surface area (Å²) in [7, 11) is 0. The number of rotatable bonds is 5. The van der Waals surface area contributed by atoms with Crippen molar-refractivity contribution in [2.45, 2.75) is 26.3 Å². The van der Waals surface area contributed by atoms with Crippen LogP contribution in [0.1, 0.15) is 23.2 Å². The lowest BCUT2D eigenvalue weighted by molar-refractivity contribution is -0.144. The number of carboxylic acid groups (broad SMARTS) is 2. The Morgan fingerprint density at radius 1 is 1.47 bits per heavy atom. The molecule has 0 bridgehead atoms. The van der Waals surface area contributed by atoms with Gasteiger partial charge in [-0.15, -0.1) is 0 Å². The van der Waals surface area contributed by atoms with Crippen LogP contribution in [0.2, 0.25) is 0 Å². The summed E-state index contributed by atoms with van der Waals surface area (Å²) in [5.74, 6) is -2.47. The number of carboxylic acids is 2. The molecular weight excluding hydrogens is 250 g/mol. The Morgan fingerprint density at radius 2 is 2.11 bits per heavy atom. The van der Waals surface area contributed by atoms with E-state index in [9.17, 15) is 9.59 Å². The second-order valence-electron chi connectivity index (χ2n) is 4.05. The first-order valence-corrected chi connectivity index (χ1v) is 5.44. The zero-order valence-corrected chi connectivity index (χ0v) is 10.5. The summed E-state index contributed by atoms with van der Waals surface area (Å²) in [6, 6.07) is 2.28. The Kier molecular flexibility index (Phi) is 4.42. The second-order valence-corrected chi connectivity index (χ2v) is 4.05. The number of aryl methyl sites for hydroxylation is 2. The van der Waals surface area contributed by atoms with Gasteiger partial charge in [-0.1, -0.05) is 0 Å². The smallest absolute Gasteiger partial charge is 0.326 e. The molecule has 100 valence electrons. The van der Waals surface area contributed by atoms with Crippen molar-refractivity contribution in [3.05, 3.63) is 22.9 Å². The quantitative estimate of drug-likeness (QED) is 0.721. The number of nitrogens with zero attached hydrogens (tertiary/aromatic N) is 2. The fourth-order valence-electron chi connectivity index (χ4n) is 1.62. The first-order valence-electron chi connectivity index (χ1n) is 5.44. The molecule has 0 spiro atoms. The largest absolute Gasteiger partial charge is 0.481 e. The average Bonchev–Trinajstić information content (AvgIpc) is 2.26. The molecule has 1 unspecified atom stereocenters. The van der Waals surface area contributed by atoms with Crippen molar-refractivity contribution in [2.75, 3.05) is 5.32 Å². The van der Waals surface area contributed by atoms with Gasteiger partial charge in [0, 0.05) is 5.69 Å². The summed E-state index contributed by atoms with van der Waals surface area (Å²) in [6.45, 7) is 3.40. The SMILES string of the molecule is Cc1cc(C)c(C#N)c(NC(CC(=O)O)C(=O)O)n1. The van der Waals surface area contributed by atoms with Gasteiger partial charge in [0.1, 0.15) is 17.9 Å². The van der Waals surface area contributed by atoms with Gasteiger partial charge < -0.3 is 15.5 Å². The zero-order valence-electron chi connectivity index (χ0n) is 10.5. The molecule has 1 heterocycles. The summed E-state index contributed by atoms with van der Waals surface area (Å²) in [6.07, 6.45) is -0.602. The van der Waals surface area contributed by atoms with Crippen molar-refractivity contribution >= 4 is 17.8 Å². The maximum atomic E-state index is 11.0. The summed E-state index contributed by atoms with van der Waals surface area (Å²) >= 11 is 0. The lowest BCUT2D eigenvalue weighted by atomic mass is 10.1. The van der Waals surface area contributed by atoms with Gasteiger partial charge in [0.2, 0.25) is 0 Å². The highest BCUT2D eigenvalue weighted by molar-refractivity contribution is 5.83. The highest BCUT2D eigenvalue weighted by Crippen LogP contribution is 2.19. The van der Waals surface area contributed by atoms with Crippen molar-refractivity contribution in [3.63, 3.8) is 0 Å². The van der Waals surface area contributed by atoms with Crippen molar-refractivity contribution < 1.29 is 19.8 Å². The van der Waals surface area contributed by atoms with E-state index in [1.165, 1.54) is 0 Å². The number of aromatic nitrogens is 1. The lowest BCUT2D eigenvalue weighted by Crippen LogP contribution is -2.32. The van der Waals surface area contributed by atoms with Crippen LogP contribution in [0.3, 0.4) is 0 Å². The van der Waals surface area contributed by atoms with E-state index in [0.29, 0.717) is 11.3 Å². The molecule has 1 atom stereocenters. The van der Waals surface area contributed by atoms with Gasteiger partial charge in [-0.05, 0) is 25.5 Å². The Bertz CT molecular complexity index is 563. The number of hydrogen-bond donors (Lipinski definition) is 3. The Morgan fingerprint density at radius 3 is 2.58 bits per heavy atom. The highest BCUT2D eigenvalue weighted by atomic mass is 16.4. The fourth-order valence-corrected chi connectivity index (χ4v) is 1.62. The van der Waals surface area contributed by atoms with Crippen LogP contribution in [0, 0.1) is 25.2 Å². The van der Waals surface area contributed by atoms with E-state index < -0.39 is 24.4 Å². The third kappa shape index (κ3) is 3.67. The number of anilines is 1. The van der Waals surface area contributed by atoms with E-state index in [1.807, 2.05) is 6.07 Å². The van der Waals surface area contributed by atoms with Crippen molar-refractivity contribution in [1.29, 1.82) is 5.26 Å². The summed E-state index contributed by atoms with van der Waals surface area (Å²) < 4.78 is 0. The van der Waals surface area contributed by atoms with E-state index in [-0.39, 0.29) is 11.4 Å². The topological polar surface area (TPSA) is 123 Å². The number of carbonyl (C=O) groups is 2. The van der Waals surface area contributed by atoms with Crippen LogP contribution in [-0.4, -0.2) is 33.2 Å². The average molecular weight is 263 g/mol. The van der Waals surface area contributed by atoms with Crippen LogP contribution >= 0.6 is 0 Å². The van der Waals surface area contributed by atoms with E-state index in [1.54, 1.807) is 19.9 Å². The maximum absolute atomic E-state index is 11.0. The summed E-state index contributed by atoms with van der Waals surface area (Å²) in [5.41, 5.74) is 1.47. The number of nitrogens with one attached hydrogen (secondary N) is 1. The number of hydrogen-bond acceptors (Lipinski definition) is 5. The second kappa shape index (κ2) is 5.82. The van der Waals surface area contributed by atoms with Crippen LogP contribution < -0.4 is 5.32 Å². The Labute approximate surface area is 109 Å². The Balaban J connectivity index is 3.12. The van der Waals surface area contributed by atoms with Crippen LogP contribution in [-0.2, 0) is 9.59 Å². The van der Waals surface area contributed by atoms with Gasteiger partial charge in [0.15, 0.2) is 0 Å². The molecule has 0 saturated heterocycles. The highest BCUT2D eigenvalue weighted by Gasteiger charge is 2.23. The molecule has 19 heavy (non-hydrogen) atoms. The van der Waals surface area contributed by atoms with Crippen molar-refractivity contribution in [1.82, 2.24) is 4.98 Å². The number of aliphatic carboxylic acids is 2. The molecule has 0 aromatic carbocycles. The van der Waals surface area contributed by atoms with Gasteiger partial charge >= 0.3 is 11.9 Å². The molecule has 0 amide bonds. The summed E-state index contributed by atoms with van der Waals surface area (Å²) in [4.78, 5) is 25.6. The standard InChI is InChI=1S/C12H13N3O4/c1-6-3-7(2)14-11(8(6)5-13)15-9(12(18)19)4-10(16)17/h3,9H,4H2,1-2H3,(H,14,15)(H,16,17)(H,18,19). The molecule has 3 N–H and O–H groups in total. The zero-order chi connectivity index (χ0) is 14.6. The number of pyridine rings is 1. The normalized spacial score (nSPS) is 11.4. The first-order chi connectivity index (χ1) is 8.85. The molecular formula is C12H13N3O4. The lowest BCUT2D eigenvalue weighted by Gasteiger charge is -2.15. The molecule has 7 nitrogen and oxygen atoms in total. The van der Waals surface area contributed by atoms with E-state index in [4.69, 9.17) is 15.5 Å². The van der Waals surface area contributed by atoms with E-state index in [0.717, 1.165) is 0 Å². The molecule has 0 aliphatic heterocycles. The van der Waals surface area contributed by atoms with Crippen LogP contribution in [0.15, 0.2) is 6.07 Å². The van der Waals surface area contributed by atoms with Crippen molar-refractivity contribution in [3.8, 4) is 6.07 Å². The molecule has 0 fully saturated rings. The fraction of sp³-hybridized carbons (Fsp3) is 0.333. The van der Waals surface area contributed by atoms with Gasteiger partial charge in [0.25, 0.3) is 0 Å².